The van der Waals surface area contributed by atoms with Crippen LogP contribution >= 0.6 is 34.4 Å². The van der Waals surface area contributed by atoms with Crippen molar-refractivity contribution in [3.8, 4) is 11.3 Å². The molecule has 3 N–H and O–H groups in total. The van der Waals surface area contributed by atoms with Gasteiger partial charge < -0.3 is 11.1 Å². The van der Waals surface area contributed by atoms with E-state index in [0.717, 1.165) is 11.3 Å². The van der Waals surface area contributed by atoms with Gasteiger partial charge in [0, 0.05) is 10.9 Å². The van der Waals surface area contributed by atoms with Crippen LogP contribution < -0.4 is 11.1 Å². The maximum absolute atomic E-state index is 12.0. The van der Waals surface area contributed by atoms with E-state index in [-0.39, 0.29) is 11.7 Å². The summed E-state index contributed by atoms with van der Waals surface area (Å²) in [6.45, 7) is 4.15. The molecule has 2 aromatic heterocycles. The highest BCUT2D eigenvalue weighted by atomic mass is 32.2. The number of hydrogen-bond acceptors (Lipinski definition) is 8. The highest BCUT2D eigenvalue weighted by Crippen LogP contribution is 2.27. The molecular weight excluding hydrogens is 362 g/mol. The van der Waals surface area contributed by atoms with E-state index in [0.29, 0.717) is 14.6 Å². The lowest BCUT2D eigenvalue weighted by atomic mass is 10.1. The van der Waals surface area contributed by atoms with Crippen LogP contribution in [0.3, 0.4) is 0 Å². The van der Waals surface area contributed by atoms with Gasteiger partial charge in [0.1, 0.15) is 0 Å². The molecule has 6 nitrogen and oxygen atoms in total. The molecule has 9 heteroatoms. The number of thioether (sulfide) groups is 1. The van der Waals surface area contributed by atoms with Crippen molar-refractivity contribution in [2.75, 3.05) is 16.8 Å². The molecule has 0 radical (unpaired) electrons. The van der Waals surface area contributed by atoms with Crippen LogP contribution in [0.15, 0.2) is 27.9 Å². The third kappa shape index (κ3) is 4.11. The van der Waals surface area contributed by atoms with E-state index in [4.69, 9.17) is 5.73 Å². The Morgan fingerprint density at radius 1 is 1.29 bits per heavy atom. The first-order valence-corrected chi connectivity index (χ1v) is 9.74. The third-order valence-electron chi connectivity index (χ3n) is 3.30. The molecule has 24 heavy (non-hydrogen) atoms. The normalized spacial score (nSPS) is 10.8. The van der Waals surface area contributed by atoms with E-state index in [1.807, 2.05) is 11.4 Å². The van der Waals surface area contributed by atoms with E-state index in [2.05, 4.69) is 46.5 Å². The molecule has 0 bridgehead atoms. The van der Waals surface area contributed by atoms with E-state index in [1.165, 1.54) is 45.6 Å². The first-order chi connectivity index (χ1) is 11.5. The number of carbonyl (C=O) groups is 1. The van der Waals surface area contributed by atoms with E-state index in [1.54, 1.807) is 0 Å². The van der Waals surface area contributed by atoms with Crippen LogP contribution in [-0.4, -0.2) is 26.8 Å². The summed E-state index contributed by atoms with van der Waals surface area (Å²) < 4.78 is 0.678. The van der Waals surface area contributed by atoms with Gasteiger partial charge in [-0.1, -0.05) is 35.2 Å². The zero-order valence-corrected chi connectivity index (χ0v) is 15.5. The number of amides is 1. The number of nitrogens with zero attached hydrogens (tertiary/aromatic N) is 3. The van der Waals surface area contributed by atoms with E-state index >= 15 is 0 Å². The fraction of sp³-hybridized carbons (Fsp3) is 0.200. The molecule has 0 saturated heterocycles. The number of thiazole rings is 1. The lowest BCUT2D eigenvalue weighted by molar-refractivity contribution is -0.113. The van der Waals surface area contributed by atoms with Crippen molar-refractivity contribution in [2.24, 2.45) is 0 Å². The molecule has 1 amide bonds. The summed E-state index contributed by atoms with van der Waals surface area (Å²) in [5, 5.41) is 13.3. The van der Waals surface area contributed by atoms with Gasteiger partial charge in [-0.15, -0.1) is 21.5 Å². The highest BCUT2D eigenvalue weighted by Gasteiger charge is 2.10. The number of aromatic nitrogens is 3. The van der Waals surface area contributed by atoms with E-state index in [9.17, 15) is 4.79 Å². The smallest absolute Gasteiger partial charge is 0.236 e. The molecule has 3 aromatic rings. The number of aryl methyl sites for hydroxylation is 2. The van der Waals surface area contributed by atoms with Crippen molar-refractivity contribution < 1.29 is 4.79 Å². The maximum atomic E-state index is 12.0. The third-order valence-corrected chi connectivity index (χ3v) is 5.95. The maximum Gasteiger partial charge on any atom is 0.236 e. The predicted molar refractivity (Wildman–Crippen MR) is 101 cm³/mol. The van der Waals surface area contributed by atoms with Crippen LogP contribution in [0.4, 0.5) is 10.3 Å². The van der Waals surface area contributed by atoms with Crippen molar-refractivity contribution >= 4 is 50.6 Å². The topological polar surface area (TPSA) is 93.8 Å². The molecule has 0 unspecified atom stereocenters. The quantitative estimate of drug-likeness (QED) is 0.660. The van der Waals surface area contributed by atoms with E-state index < -0.39 is 0 Å². The molecule has 0 aliphatic rings. The standard InChI is InChI=1S/C15H15N5OS3/c1-8-3-4-10(5-9(8)2)11-6-22-14(17-11)18-12(21)7-23-15-20-19-13(16)24-15/h3-6H,7H2,1-2H3,(H2,16,19)(H,17,18,21). The minimum Gasteiger partial charge on any atom is -0.374 e. The van der Waals surface area contributed by atoms with Crippen LogP contribution in [0.2, 0.25) is 0 Å². The first kappa shape index (κ1) is 16.9. The summed E-state index contributed by atoms with van der Waals surface area (Å²) in [6.07, 6.45) is 0. The zero-order chi connectivity index (χ0) is 17.1. The molecule has 1 aromatic carbocycles. The Kier molecular flexibility index (Phi) is 5.12. The minimum absolute atomic E-state index is 0.130. The number of benzene rings is 1. The van der Waals surface area contributed by atoms with Gasteiger partial charge >= 0.3 is 0 Å². The van der Waals surface area contributed by atoms with Crippen LogP contribution in [0, 0.1) is 13.8 Å². The van der Waals surface area contributed by atoms with Gasteiger partial charge in [-0.2, -0.15) is 0 Å². The molecule has 0 atom stereocenters. The summed E-state index contributed by atoms with van der Waals surface area (Å²) in [5.74, 6) is 0.113. The number of rotatable bonds is 5. The first-order valence-electron chi connectivity index (χ1n) is 7.06. The average molecular weight is 378 g/mol. The van der Waals surface area contributed by atoms with Crippen LogP contribution in [0.25, 0.3) is 11.3 Å². The fourth-order valence-corrected chi connectivity index (χ4v) is 4.10. The Balaban J connectivity index is 1.60. The lowest BCUT2D eigenvalue weighted by Crippen LogP contribution is -2.13. The number of anilines is 2. The summed E-state index contributed by atoms with van der Waals surface area (Å²) >= 11 is 3.98. The van der Waals surface area contributed by atoms with Crippen LogP contribution in [-0.2, 0) is 4.79 Å². The molecule has 0 saturated carbocycles. The summed E-state index contributed by atoms with van der Waals surface area (Å²) in [6, 6.07) is 6.22. The SMILES string of the molecule is Cc1ccc(-c2csc(NC(=O)CSc3nnc(N)s3)n2)cc1C. The van der Waals surface area contributed by atoms with Gasteiger partial charge in [0.25, 0.3) is 0 Å². The Morgan fingerprint density at radius 2 is 2.12 bits per heavy atom. The second-order valence-corrected chi connectivity index (χ2v) is 8.17. The van der Waals surface area contributed by atoms with Crippen molar-refractivity contribution in [1.29, 1.82) is 0 Å². The minimum atomic E-state index is -0.130. The number of hydrogen-bond donors (Lipinski definition) is 2. The summed E-state index contributed by atoms with van der Waals surface area (Å²) in [5.41, 5.74) is 9.89. The largest absolute Gasteiger partial charge is 0.374 e. The molecule has 0 fully saturated rings. The number of carbonyl (C=O) groups excluding carboxylic acids is 1. The Hall–Kier alpha value is -1.97. The van der Waals surface area contributed by atoms with Gasteiger partial charge in [0.05, 0.1) is 11.4 Å². The Bertz CT molecular complexity index is 874. The van der Waals surface area contributed by atoms with Gasteiger partial charge in [-0.05, 0) is 31.0 Å². The van der Waals surface area contributed by atoms with Crippen molar-refractivity contribution in [3.05, 3.63) is 34.7 Å². The van der Waals surface area contributed by atoms with Gasteiger partial charge in [-0.25, -0.2) is 4.98 Å². The Labute approximate surface area is 151 Å². The molecular formula is C15H15N5OS3. The fourth-order valence-electron chi connectivity index (χ4n) is 1.93. The summed E-state index contributed by atoms with van der Waals surface area (Å²) in [4.78, 5) is 16.5. The van der Waals surface area contributed by atoms with Crippen LogP contribution in [0.5, 0.6) is 0 Å². The molecule has 0 aliphatic carbocycles. The molecule has 124 valence electrons. The highest BCUT2D eigenvalue weighted by molar-refractivity contribution is 8.01. The number of nitrogens with one attached hydrogen (secondary N) is 1. The van der Waals surface area contributed by atoms with Crippen molar-refractivity contribution in [1.82, 2.24) is 15.2 Å². The van der Waals surface area contributed by atoms with Crippen LogP contribution in [0.1, 0.15) is 11.1 Å². The Morgan fingerprint density at radius 3 is 2.83 bits per heavy atom. The molecule has 2 heterocycles. The molecule has 0 spiro atoms. The van der Waals surface area contributed by atoms with Gasteiger partial charge in [-0.3, -0.25) is 4.79 Å². The van der Waals surface area contributed by atoms with Crippen molar-refractivity contribution in [2.45, 2.75) is 18.2 Å². The number of nitrogen functional groups attached to an aromatic ring is 1. The second kappa shape index (κ2) is 7.29. The number of nitrogens with two attached hydrogens (primary N) is 1. The lowest BCUT2D eigenvalue weighted by Gasteiger charge is -2.02. The second-order valence-electron chi connectivity index (χ2n) is 5.08. The monoisotopic (exact) mass is 377 g/mol. The molecule has 0 aliphatic heterocycles. The van der Waals surface area contributed by atoms with Gasteiger partial charge in [0.15, 0.2) is 9.47 Å². The van der Waals surface area contributed by atoms with Gasteiger partial charge in [0.2, 0.25) is 11.0 Å². The van der Waals surface area contributed by atoms with Crippen molar-refractivity contribution in [3.63, 3.8) is 0 Å². The summed E-state index contributed by atoms with van der Waals surface area (Å²) in [7, 11) is 0. The predicted octanol–water partition coefficient (Wildman–Crippen LogP) is 3.59. The average Bonchev–Trinajstić information content (AvgIpc) is 3.17. The molecule has 3 rings (SSSR count). The zero-order valence-electron chi connectivity index (χ0n) is 13.1.